The molecule has 2 unspecified atom stereocenters. The number of unbranched alkanes of at least 4 members (excludes halogenated alkanes) is 42. The standard InChI is InChI=1S/2C29H60O4S.Ca/c2*1-3-5-7-9-11-12-13-14-15-16-17-18-19-20-21-23-25-27-29(28-33-34(30,31)32)26-24-22-10-8-6-4-2;/h2*29H,3-28H2,1-2H3,(H,30,31,32);/q;;+2/p-2. The summed E-state index contributed by atoms with van der Waals surface area (Å²) in [6.07, 6.45) is 64.9. The second kappa shape index (κ2) is 59.9. The molecular formula is C58H118CaO8S2. The van der Waals surface area contributed by atoms with Crippen LogP contribution in [-0.2, 0) is 29.2 Å². The summed E-state index contributed by atoms with van der Waals surface area (Å²) in [7, 11) is -9.15. The molecule has 0 aromatic carbocycles. The zero-order chi connectivity index (χ0) is 50.3. The molecule has 412 valence electrons. The van der Waals surface area contributed by atoms with Gasteiger partial charge in [-0.15, -0.1) is 0 Å². The van der Waals surface area contributed by atoms with E-state index < -0.39 is 20.8 Å². The number of rotatable bonds is 56. The molecule has 0 aliphatic carbocycles. The SMILES string of the molecule is CCCCCCCCCCCCCCCCCCCC(CCCCCCCC)COS(=O)(=O)[O-].CCCCCCCCCCCCCCCCCCCC(CCCCCCCC)COS(=O)(=O)[O-].[Ca+2]. The van der Waals surface area contributed by atoms with Gasteiger partial charge in [0.2, 0.25) is 20.8 Å². The Hall–Kier alpha value is 1.000. The third-order valence-corrected chi connectivity index (χ3v) is 15.1. The first-order valence-electron chi connectivity index (χ1n) is 30.2. The maximum Gasteiger partial charge on any atom is 2.00 e. The van der Waals surface area contributed by atoms with Crippen molar-refractivity contribution in [3.05, 3.63) is 0 Å². The molecule has 8 nitrogen and oxygen atoms in total. The second-order valence-corrected chi connectivity index (χ2v) is 23.2. The van der Waals surface area contributed by atoms with Crippen LogP contribution in [0.25, 0.3) is 0 Å². The van der Waals surface area contributed by atoms with E-state index in [-0.39, 0.29) is 62.8 Å². The van der Waals surface area contributed by atoms with E-state index in [2.05, 4.69) is 36.1 Å². The van der Waals surface area contributed by atoms with Crippen LogP contribution in [-0.4, -0.2) is 76.9 Å². The van der Waals surface area contributed by atoms with Crippen LogP contribution in [0.1, 0.15) is 349 Å². The predicted octanol–water partition coefficient (Wildman–Crippen LogP) is 19.4. The van der Waals surface area contributed by atoms with Crippen LogP contribution in [0.3, 0.4) is 0 Å². The first-order chi connectivity index (χ1) is 33.0. The van der Waals surface area contributed by atoms with E-state index in [4.69, 9.17) is 0 Å². The Bertz CT molecular complexity index is 1080. The minimum atomic E-state index is -4.57. The number of hydrogen-bond donors (Lipinski definition) is 0. The van der Waals surface area contributed by atoms with E-state index in [0.717, 1.165) is 51.4 Å². The Morgan fingerprint density at radius 1 is 0.261 bits per heavy atom. The molecule has 0 N–H and O–H groups in total. The van der Waals surface area contributed by atoms with Gasteiger partial charge in [0.1, 0.15) is 0 Å². The van der Waals surface area contributed by atoms with Gasteiger partial charge in [0.15, 0.2) is 0 Å². The molecule has 0 saturated heterocycles. The fourth-order valence-corrected chi connectivity index (χ4v) is 10.4. The molecule has 0 aliphatic rings. The van der Waals surface area contributed by atoms with Crippen LogP contribution >= 0.6 is 0 Å². The molecule has 0 radical (unpaired) electrons. The molecule has 0 spiro atoms. The van der Waals surface area contributed by atoms with E-state index >= 15 is 0 Å². The topological polar surface area (TPSA) is 133 Å². The smallest absolute Gasteiger partial charge is 0.726 e. The van der Waals surface area contributed by atoms with E-state index in [9.17, 15) is 25.9 Å². The summed E-state index contributed by atoms with van der Waals surface area (Å²) in [5.74, 6) is 0.400. The monoisotopic (exact) mass is 1050 g/mol. The van der Waals surface area contributed by atoms with Gasteiger partial charge < -0.3 is 9.11 Å². The fraction of sp³-hybridized carbons (Fsp3) is 1.00. The van der Waals surface area contributed by atoms with Gasteiger partial charge in [-0.1, -0.05) is 323 Å². The largest absolute Gasteiger partial charge is 2.00 e. The molecule has 0 aromatic rings. The summed E-state index contributed by atoms with van der Waals surface area (Å²) in [4.78, 5) is 0. The normalized spacial score (nSPS) is 12.7. The zero-order valence-corrected chi connectivity index (χ0v) is 50.6. The van der Waals surface area contributed by atoms with Crippen LogP contribution < -0.4 is 0 Å². The maximum atomic E-state index is 10.8. The summed E-state index contributed by atoms with van der Waals surface area (Å²) in [6.45, 7) is 9.13. The van der Waals surface area contributed by atoms with Crippen LogP contribution in [0.15, 0.2) is 0 Å². The summed E-state index contributed by atoms with van der Waals surface area (Å²) >= 11 is 0. The second-order valence-electron chi connectivity index (χ2n) is 21.1. The minimum Gasteiger partial charge on any atom is -0.726 e. The van der Waals surface area contributed by atoms with Gasteiger partial charge in [-0.25, -0.2) is 16.8 Å². The number of hydrogen-bond acceptors (Lipinski definition) is 8. The van der Waals surface area contributed by atoms with Crippen molar-refractivity contribution in [2.24, 2.45) is 11.8 Å². The van der Waals surface area contributed by atoms with Crippen LogP contribution in [0.4, 0.5) is 0 Å². The third-order valence-electron chi connectivity index (χ3n) is 14.3. The molecule has 0 aromatic heterocycles. The average molecular weight is 1050 g/mol. The van der Waals surface area contributed by atoms with E-state index in [1.807, 2.05) is 0 Å². The van der Waals surface area contributed by atoms with Gasteiger partial charge in [-0.3, -0.25) is 8.37 Å². The Morgan fingerprint density at radius 2 is 0.391 bits per heavy atom. The molecule has 11 heteroatoms. The fourth-order valence-electron chi connectivity index (χ4n) is 9.72. The molecule has 0 amide bonds. The maximum absolute atomic E-state index is 10.8. The van der Waals surface area contributed by atoms with Gasteiger partial charge in [0.25, 0.3) is 0 Å². The summed E-state index contributed by atoms with van der Waals surface area (Å²) in [6, 6.07) is 0. The Balaban J connectivity index is -0.00000124. The van der Waals surface area contributed by atoms with Crippen LogP contribution in [0, 0.1) is 11.8 Å². The first kappa shape index (κ1) is 74.2. The van der Waals surface area contributed by atoms with Crippen molar-refractivity contribution in [1.82, 2.24) is 0 Å². The molecule has 2 atom stereocenters. The molecule has 0 bridgehead atoms. The predicted molar refractivity (Wildman–Crippen MR) is 298 cm³/mol. The Labute approximate surface area is 463 Å². The first-order valence-corrected chi connectivity index (χ1v) is 32.9. The van der Waals surface area contributed by atoms with E-state index in [0.29, 0.717) is 0 Å². The van der Waals surface area contributed by atoms with Crippen molar-refractivity contribution in [2.75, 3.05) is 13.2 Å². The third kappa shape index (κ3) is 69.0. The Kier molecular flexibility index (Phi) is 64.4. The Morgan fingerprint density at radius 3 is 0.522 bits per heavy atom. The van der Waals surface area contributed by atoms with Gasteiger partial charge >= 0.3 is 37.7 Å². The van der Waals surface area contributed by atoms with Crippen molar-refractivity contribution in [1.29, 1.82) is 0 Å². The molecular weight excluding hydrogens is 929 g/mol. The van der Waals surface area contributed by atoms with Gasteiger partial charge in [-0.2, -0.15) is 0 Å². The zero-order valence-electron chi connectivity index (χ0n) is 46.7. The molecule has 0 aliphatic heterocycles. The van der Waals surface area contributed by atoms with Crippen molar-refractivity contribution in [3.8, 4) is 0 Å². The average Bonchev–Trinajstić information content (AvgIpc) is 3.30. The summed E-state index contributed by atoms with van der Waals surface area (Å²) < 4.78 is 74.2. The molecule has 69 heavy (non-hydrogen) atoms. The molecule has 0 saturated carbocycles. The minimum absolute atomic E-state index is 0. The summed E-state index contributed by atoms with van der Waals surface area (Å²) in [5.41, 5.74) is 0. The van der Waals surface area contributed by atoms with Crippen LogP contribution in [0.2, 0.25) is 0 Å². The summed E-state index contributed by atoms with van der Waals surface area (Å²) in [5, 5.41) is 0. The van der Waals surface area contributed by atoms with Gasteiger partial charge in [0.05, 0.1) is 13.2 Å². The molecule has 0 heterocycles. The van der Waals surface area contributed by atoms with Crippen molar-refractivity contribution < 1.29 is 34.3 Å². The van der Waals surface area contributed by atoms with Crippen molar-refractivity contribution in [3.63, 3.8) is 0 Å². The van der Waals surface area contributed by atoms with E-state index in [1.54, 1.807) is 0 Å². The van der Waals surface area contributed by atoms with Crippen molar-refractivity contribution in [2.45, 2.75) is 349 Å². The molecule has 0 rings (SSSR count). The van der Waals surface area contributed by atoms with Crippen LogP contribution in [0.5, 0.6) is 0 Å². The van der Waals surface area contributed by atoms with Gasteiger partial charge in [0, 0.05) is 0 Å². The molecule has 0 fully saturated rings. The van der Waals surface area contributed by atoms with Gasteiger partial charge in [-0.05, 0) is 37.5 Å². The quantitative estimate of drug-likeness (QED) is 0.0255. The van der Waals surface area contributed by atoms with Crippen molar-refractivity contribution >= 4 is 58.5 Å². The van der Waals surface area contributed by atoms with E-state index in [1.165, 1.54) is 270 Å².